The number of hydrogen-bond donors (Lipinski definition) is 2. The number of amides is 1. The summed E-state index contributed by atoms with van der Waals surface area (Å²) < 4.78 is 3.28. The van der Waals surface area contributed by atoms with Crippen LogP contribution in [-0.2, 0) is 4.79 Å². The molecule has 2 atom stereocenters. The molecular weight excluding hydrogens is 594 g/mol. The fraction of sp³-hybridized carbons (Fsp3) is 0.233. The number of benzene rings is 2. The van der Waals surface area contributed by atoms with E-state index in [1.165, 1.54) is 0 Å². The van der Waals surface area contributed by atoms with Crippen LogP contribution in [0.3, 0.4) is 0 Å². The molecule has 2 aromatic heterocycles. The molecule has 200 valence electrons. The van der Waals surface area contributed by atoms with E-state index < -0.39 is 0 Å². The largest absolute Gasteiger partial charge is 0.351 e. The molecule has 2 N–H and O–H groups in total. The number of hydrogen-bond acceptors (Lipinski definition) is 3. The maximum Gasteiger partial charge on any atom is 0.226 e. The van der Waals surface area contributed by atoms with E-state index in [9.17, 15) is 4.79 Å². The van der Waals surface area contributed by atoms with Gasteiger partial charge in [0.05, 0.1) is 28.5 Å². The van der Waals surface area contributed by atoms with Gasteiger partial charge in [-0.1, -0.05) is 53.5 Å². The van der Waals surface area contributed by atoms with Crippen molar-refractivity contribution in [3.63, 3.8) is 0 Å². The minimum atomic E-state index is -0.188. The second-order valence-electron chi connectivity index (χ2n) is 9.95. The van der Waals surface area contributed by atoms with Crippen LogP contribution in [0.15, 0.2) is 77.4 Å². The molecule has 6 nitrogen and oxygen atoms in total. The summed E-state index contributed by atoms with van der Waals surface area (Å²) in [5, 5.41) is 7.45. The van der Waals surface area contributed by atoms with Gasteiger partial charge in [-0.05, 0) is 86.2 Å². The van der Waals surface area contributed by atoms with Gasteiger partial charge in [0.2, 0.25) is 5.91 Å². The predicted molar refractivity (Wildman–Crippen MR) is 166 cm³/mol. The molecule has 0 radical (unpaired) electrons. The van der Waals surface area contributed by atoms with Crippen molar-refractivity contribution in [3.8, 4) is 5.69 Å². The lowest BCUT2D eigenvalue weighted by Crippen LogP contribution is -2.29. The van der Waals surface area contributed by atoms with Gasteiger partial charge in [-0.3, -0.25) is 9.78 Å². The molecule has 5 rings (SSSR count). The van der Waals surface area contributed by atoms with Crippen LogP contribution in [0.1, 0.15) is 48.6 Å². The Balaban J connectivity index is 1.62. The average Bonchev–Trinajstić information content (AvgIpc) is 3.40. The number of halogens is 2. The van der Waals surface area contributed by atoms with E-state index in [1.54, 1.807) is 6.20 Å². The maximum absolute atomic E-state index is 12.3. The van der Waals surface area contributed by atoms with Crippen molar-refractivity contribution in [2.75, 3.05) is 10.2 Å². The number of carbonyl (C=O) groups is 1. The zero-order valence-corrected chi connectivity index (χ0v) is 25.2. The summed E-state index contributed by atoms with van der Waals surface area (Å²) in [7, 11) is 0. The van der Waals surface area contributed by atoms with Gasteiger partial charge in [0.15, 0.2) is 5.11 Å². The summed E-state index contributed by atoms with van der Waals surface area (Å²) in [5.41, 5.74) is 6.73. The topological polar surface area (TPSA) is 62.2 Å². The molecule has 4 aromatic rings. The van der Waals surface area contributed by atoms with Gasteiger partial charge in [0, 0.05) is 39.4 Å². The van der Waals surface area contributed by atoms with Crippen molar-refractivity contribution in [2.24, 2.45) is 5.92 Å². The van der Waals surface area contributed by atoms with E-state index in [0.29, 0.717) is 15.8 Å². The first-order valence-electron chi connectivity index (χ1n) is 12.7. The van der Waals surface area contributed by atoms with Crippen molar-refractivity contribution in [3.05, 3.63) is 105 Å². The van der Waals surface area contributed by atoms with Crippen LogP contribution in [0.5, 0.6) is 0 Å². The average molecular weight is 623 g/mol. The number of nitrogens with one attached hydrogen (secondary N) is 2. The Labute approximate surface area is 247 Å². The van der Waals surface area contributed by atoms with Crippen LogP contribution in [-0.4, -0.2) is 20.6 Å². The lowest BCUT2D eigenvalue weighted by molar-refractivity contribution is -0.118. The van der Waals surface area contributed by atoms with Crippen LogP contribution in [0.4, 0.5) is 11.4 Å². The summed E-state index contributed by atoms with van der Waals surface area (Å²) >= 11 is 16.2. The van der Waals surface area contributed by atoms with Gasteiger partial charge >= 0.3 is 0 Å². The van der Waals surface area contributed by atoms with Gasteiger partial charge < -0.3 is 20.1 Å². The summed E-state index contributed by atoms with van der Waals surface area (Å²) in [4.78, 5) is 19.1. The summed E-state index contributed by atoms with van der Waals surface area (Å²) in [6.45, 7) is 7.94. The second kappa shape index (κ2) is 11.1. The molecule has 9 heteroatoms. The molecule has 0 spiro atoms. The fourth-order valence-electron chi connectivity index (χ4n) is 5.08. The molecule has 1 fully saturated rings. The second-order valence-corrected chi connectivity index (χ2v) is 11.7. The highest BCUT2D eigenvalue weighted by molar-refractivity contribution is 9.10. The van der Waals surface area contributed by atoms with E-state index >= 15 is 0 Å². The molecule has 0 aliphatic carbocycles. The smallest absolute Gasteiger partial charge is 0.226 e. The van der Waals surface area contributed by atoms with Crippen LogP contribution in [0.25, 0.3) is 5.69 Å². The number of nitrogens with zero attached hydrogens (tertiary/aromatic N) is 3. The van der Waals surface area contributed by atoms with E-state index in [4.69, 9.17) is 23.8 Å². The van der Waals surface area contributed by atoms with Gasteiger partial charge in [-0.2, -0.15) is 0 Å². The Morgan fingerprint density at radius 3 is 2.54 bits per heavy atom. The van der Waals surface area contributed by atoms with Crippen LogP contribution in [0, 0.1) is 19.8 Å². The first kappa shape index (κ1) is 27.4. The first-order valence-corrected chi connectivity index (χ1v) is 14.3. The van der Waals surface area contributed by atoms with E-state index in [2.05, 4.69) is 73.1 Å². The first-order chi connectivity index (χ1) is 18.7. The Morgan fingerprint density at radius 1 is 1.08 bits per heavy atom. The number of aryl methyl sites for hydroxylation is 1. The SMILES string of the molecule is Cc1cc([C@H]2[C@H](c3ccccn3)NC(=S)N2c2ccc(NC(=O)C(C)C)c(Cl)c2)c(C)n1-c1cccc(Br)c1. The minimum Gasteiger partial charge on any atom is -0.351 e. The van der Waals surface area contributed by atoms with E-state index in [1.807, 2.05) is 62.4 Å². The Bertz CT molecular complexity index is 1550. The van der Waals surface area contributed by atoms with E-state index in [0.717, 1.165) is 38.5 Å². The van der Waals surface area contributed by atoms with Crippen LogP contribution >= 0.6 is 39.7 Å². The van der Waals surface area contributed by atoms with Gasteiger partial charge in [-0.15, -0.1) is 0 Å². The molecule has 1 aliphatic heterocycles. The Morgan fingerprint density at radius 2 is 1.87 bits per heavy atom. The number of carbonyl (C=O) groups excluding carboxylic acids is 1. The number of anilines is 2. The molecule has 3 heterocycles. The van der Waals surface area contributed by atoms with E-state index in [-0.39, 0.29) is 23.9 Å². The molecule has 39 heavy (non-hydrogen) atoms. The third-order valence-corrected chi connectivity index (χ3v) is 8.09. The zero-order valence-electron chi connectivity index (χ0n) is 22.1. The number of aromatic nitrogens is 2. The maximum atomic E-state index is 12.3. The molecule has 1 amide bonds. The zero-order chi connectivity index (χ0) is 27.8. The van der Waals surface area contributed by atoms with Crippen molar-refractivity contribution in [1.82, 2.24) is 14.9 Å². The number of pyridine rings is 1. The Hall–Kier alpha value is -3.20. The summed E-state index contributed by atoms with van der Waals surface area (Å²) in [6.07, 6.45) is 1.80. The number of rotatable bonds is 6. The molecule has 0 saturated carbocycles. The molecule has 1 aliphatic rings. The molecular formula is C30H29BrClN5OS. The Kier molecular flexibility index (Phi) is 7.80. The molecule has 0 bridgehead atoms. The highest BCUT2D eigenvalue weighted by Crippen LogP contribution is 2.44. The van der Waals surface area contributed by atoms with Gasteiger partial charge in [0.1, 0.15) is 0 Å². The predicted octanol–water partition coefficient (Wildman–Crippen LogP) is 7.68. The lowest BCUT2D eigenvalue weighted by atomic mass is 9.96. The van der Waals surface area contributed by atoms with Gasteiger partial charge in [-0.25, -0.2) is 0 Å². The van der Waals surface area contributed by atoms with Crippen LogP contribution < -0.4 is 15.5 Å². The normalized spacial score (nSPS) is 17.0. The van der Waals surface area contributed by atoms with Crippen molar-refractivity contribution in [1.29, 1.82) is 0 Å². The highest BCUT2D eigenvalue weighted by atomic mass is 79.9. The standard InChI is InChI=1S/C30H29BrClN5OS/c1-17(2)29(38)34-25-12-11-22(16-24(25)32)37-28(27(35-30(37)39)26-10-5-6-13-33-26)23-14-18(3)36(19(23)4)21-9-7-8-20(31)15-21/h5-17,27-28H,1-4H3,(H,34,38)(H,35,39)/t27-,28-/m0/s1. The highest BCUT2D eigenvalue weighted by Gasteiger charge is 2.42. The van der Waals surface area contributed by atoms with Gasteiger partial charge in [0.25, 0.3) is 0 Å². The fourth-order valence-corrected chi connectivity index (χ4v) is 6.04. The van der Waals surface area contributed by atoms with Crippen LogP contribution in [0.2, 0.25) is 5.02 Å². The lowest BCUT2D eigenvalue weighted by Gasteiger charge is -2.28. The monoisotopic (exact) mass is 621 g/mol. The van der Waals surface area contributed by atoms with Crippen molar-refractivity contribution < 1.29 is 4.79 Å². The third-order valence-electron chi connectivity index (χ3n) is 6.97. The minimum absolute atomic E-state index is 0.0870. The van der Waals surface area contributed by atoms with Crippen molar-refractivity contribution >= 4 is 62.1 Å². The molecule has 1 saturated heterocycles. The summed E-state index contributed by atoms with van der Waals surface area (Å²) in [5.74, 6) is -0.240. The quantitative estimate of drug-likeness (QED) is 0.216. The van der Waals surface area contributed by atoms with Crippen molar-refractivity contribution in [2.45, 2.75) is 39.8 Å². The molecule has 0 unspecified atom stereocenters. The molecule has 2 aromatic carbocycles. The third kappa shape index (κ3) is 5.33. The number of thiocarbonyl (C=S) groups is 1. The summed E-state index contributed by atoms with van der Waals surface area (Å²) in [6, 6.07) is 21.7.